The van der Waals surface area contributed by atoms with Crippen LogP contribution in [0.3, 0.4) is 0 Å². The predicted octanol–water partition coefficient (Wildman–Crippen LogP) is 3.26. The summed E-state index contributed by atoms with van der Waals surface area (Å²) in [5.74, 6) is 0.193. The number of aryl methyl sites for hydroxylation is 1. The molecule has 1 aromatic rings. The van der Waals surface area contributed by atoms with Crippen LogP contribution < -0.4 is 4.74 Å². The van der Waals surface area contributed by atoms with Gasteiger partial charge in [-0.2, -0.15) is 0 Å². The summed E-state index contributed by atoms with van der Waals surface area (Å²) in [6.07, 6.45) is 4.87. The van der Waals surface area contributed by atoms with Gasteiger partial charge in [0, 0.05) is 25.4 Å². The van der Waals surface area contributed by atoms with Gasteiger partial charge in [0.25, 0.3) is 0 Å². The highest BCUT2D eigenvalue weighted by Gasteiger charge is 2.26. The van der Waals surface area contributed by atoms with Crippen molar-refractivity contribution in [3.8, 4) is 5.75 Å². The molecule has 1 aliphatic heterocycles. The van der Waals surface area contributed by atoms with Gasteiger partial charge >= 0.3 is 5.97 Å². The van der Waals surface area contributed by atoms with Crippen LogP contribution in [0, 0.1) is 0 Å². The zero-order valence-corrected chi connectivity index (χ0v) is 14.4. The molecule has 0 saturated carbocycles. The summed E-state index contributed by atoms with van der Waals surface area (Å²) in [5, 5.41) is 8.87. The smallest absolute Gasteiger partial charge is 0.303 e. The molecule has 1 aliphatic rings. The van der Waals surface area contributed by atoms with Crippen LogP contribution in [-0.4, -0.2) is 41.1 Å². The number of hydrogen-bond acceptors (Lipinski definition) is 3. The van der Waals surface area contributed by atoms with Crippen molar-refractivity contribution in [1.29, 1.82) is 0 Å². The predicted molar refractivity (Wildman–Crippen MR) is 92.2 cm³/mol. The number of hydrogen-bond donors (Lipinski definition) is 1. The van der Waals surface area contributed by atoms with Gasteiger partial charge < -0.3 is 14.7 Å². The Morgan fingerprint density at radius 2 is 1.96 bits per heavy atom. The number of carbonyl (C=O) groups excluding carboxylic acids is 1. The van der Waals surface area contributed by atoms with E-state index in [9.17, 15) is 9.59 Å². The second-order valence-electron chi connectivity index (χ2n) is 6.25. The average molecular weight is 333 g/mol. The third kappa shape index (κ3) is 5.55. The maximum atomic E-state index is 12.5. The van der Waals surface area contributed by atoms with Crippen molar-refractivity contribution in [2.45, 2.75) is 57.9 Å². The second-order valence-corrected chi connectivity index (χ2v) is 6.25. The highest BCUT2D eigenvalue weighted by atomic mass is 16.5. The Morgan fingerprint density at radius 3 is 2.62 bits per heavy atom. The van der Waals surface area contributed by atoms with Crippen LogP contribution in [0.5, 0.6) is 5.75 Å². The number of nitrogens with zero attached hydrogens (tertiary/aromatic N) is 1. The molecule has 0 unspecified atom stereocenters. The van der Waals surface area contributed by atoms with E-state index in [1.54, 1.807) is 0 Å². The van der Waals surface area contributed by atoms with Crippen LogP contribution in [0.4, 0.5) is 0 Å². The first-order valence-electron chi connectivity index (χ1n) is 8.83. The normalized spacial score (nSPS) is 17.5. The van der Waals surface area contributed by atoms with E-state index in [-0.39, 0.29) is 18.4 Å². The Bertz CT molecular complexity index is 541. The number of aliphatic carboxylic acids is 1. The van der Waals surface area contributed by atoms with E-state index in [1.807, 2.05) is 36.1 Å². The number of carboxylic acids is 1. The van der Waals surface area contributed by atoms with Crippen molar-refractivity contribution in [2.75, 3.05) is 13.2 Å². The van der Waals surface area contributed by atoms with E-state index in [1.165, 1.54) is 0 Å². The fourth-order valence-electron chi connectivity index (χ4n) is 3.23. The molecule has 0 radical (unpaired) electrons. The maximum absolute atomic E-state index is 12.5. The van der Waals surface area contributed by atoms with Gasteiger partial charge in [-0.15, -0.1) is 0 Å². The molecule has 24 heavy (non-hydrogen) atoms. The minimum absolute atomic E-state index is 0.0858. The molecule has 1 aromatic carbocycles. The van der Waals surface area contributed by atoms with E-state index in [4.69, 9.17) is 9.84 Å². The molecule has 1 N–H and O–H groups in total. The molecule has 5 heteroatoms. The minimum atomic E-state index is -0.789. The Kier molecular flexibility index (Phi) is 7.09. The minimum Gasteiger partial charge on any atom is -0.494 e. The summed E-state index contributed by atoms with van der Waals surface area (Å²) in [5.41, 5.74) is 1.12. The Labute approximate surface area is 143 Å². The number of rotatable bonds is 8. The van der Waals surface area contributed by atoms with Gasteiger partial charge in [-0.25, -0.2) is 0 Å². The van der Waals surface area contributed by atoms with Gasteiger partial charge in [0.1, 0.15) is 5.75 Å². The van der Waals surface area contributed by atoms with E-state index in [0.29, 0.717) is 25.9 Å². The SMILES string of the molecule is CCOc1ccc(CCC(=O)N2CCCC[C@@H]2CCC(=O)O)cc1. The van der Waals surface area contributed by atoms with Crippen LogP contribution in [0.1, 0.15) is 51.0 Å². The molecule has 0 bridgehead atoms. The first-order chi connectivity index (χ1) is 11.6. The number of likely N-dealkylation sites (tertiary alicyclic amines) is 1. The van der Waals surface area contributed by atoms with Gasteiger partial charge in [-0.3, -0.25) is 9.59 Å². The van der Waals surface area contributed by atoms with Gasteiger partial charge in [-0.1, -0.05) is 12.1 Å². The molecule has 1 amide bonds. The molecular weight excluding hydrogens is 306 g/mol. The quantitative estimate of drug-likeness (QED) is 0.793. The summed E-state index contributed by atoms with van der Waals surface area (Å²) in [6.45, 7) is 3.35. The fourth-order valence-corrected chi connectivity index (χ4v) is 3.23. The first-order valence-corrected chi connectivity index (χ1v) is 8.83. The van der Waals surface area contributed by atoms with Gasteiger partial charge in [0.15, 0.2) is 0 Å². The molecule has 1 atom stereocenters. The van der Waals surface area contributed by atoms with E-state index in [0.717, 1.165) is 37.1 Å². The molecule has 132 valence electrons. The third-order valence-corrected chi connectivity index (χ3v) is 4.50. The average Bonchev–Trinajstić information content (AvgIpc) is 2.59. The molecular formula is C19H27NO4. The lowest BCUT2D eigenvalue weighted by molar-refractivity contribution is -0.140. The first kappa shape index (κ1) is 18.3. The molecule has 0 aliphatic carbocycles. The topological polar surface area (TPSA) is 66.8 Å². The Balaban J connectivity index is 1.86. The summed E-state index contributed by atoms with van der Waals surface area (Å²) >= 11 is 0. The number of carbonyl (C=O) groups is 2. The van der Waals surface area contributed by atoms with Crippen molar-refractivity contribution in [3.05, 3.63) is 29.8 Å². The summed E-state index contributed by atoms with van der Waals surface area (Å²) in [4.78, 5) is 25.2. The van der Waals surface area contributed by atoms with Gasteiger partial charge in [0.2, 0.25) is 5.91 Å². The van der Waals surface area contributed by atoms with Crippen molar-refractivity contribution in [3.63, 3.8) is 0 Å². The molecule has 1 saturated heterocycles. The number of amides is 1. The lowest BCUT2D eigenvalue weighted by Gasteiger charge is -2.35. The Hall–Kier alpha value is -2.04. The molecule has 1 heterocycles. The fraction of sp³-hybridized carbons (Fsp3) is 0.579. The van der Waals surface area contributed by atoms with Crippen LogP contribution in [0.2, 0.25) is 0 Å². The highest BCUT2D eigenvalue weighted by molar-refractivity contribution is 5.77. The largest absolute Gasteiger partial charge is 0.494 e. The summed E-state index contributed by atoms with van der Waals surface area (Å²) < 4.78 is 5.42. The van der Waals surface area contributed by atoms with Crippen molar-refractivity contribution in [2.24, 2.45) is 0 Å². The molecule has 0 aromatic heterocycles. The van der Waals surface area contributed by atoms with Gasteiger partial charge in [-0.05, 0) is 56.7 Å². The second kappa shape index (κ2) is 9.30. The maximum Gasteiger partial charge on any atom is 0.303 e. The van der Waals surface area contributed by atoms with Crippen LogP contribution in [0.15, 0.2) is 24.3 Å². The molecule has 1 fully saturated rings. The molecule has 2 rings (SSSR count). The number of ether oxygens (including phenoxy) is 1. The molecule has 5 nitrogen and oxygen atoms in total. The van der Waals surface area contributed by atoms with Crippen molar-refractivity contribution in [1.82, 2.24) is 4.90 Å². The van der Waals surface area contributed by atoms with Gasteiger partial charge in [0.05, 0.1) is 6.61 Å². The van der Waals surface area contributed by atoms with E-state index in [2.05, 4.69) is 0 Å². The lowest BCUT2D eigenvalue weighted by atomic mass is 9.97. The van der Waals surface area contributed by atoms with Crippen molar-refractivity contribution < 1.29 is 19.4 Å². The summed E-state index contributed by atoms with van der Waals surface area (Å²) in [6, 6.07) is 7.94. The monoisotopic (exact) mass is 333 g/mol. The lowest BCUT2D eigenvalue weighted by Crippen LogP contribution is -2.44. The number of carboxylic acid groups (broad SMARTS) is 1. The number of benzene rings is 1. The van der Waals surface area contributed by atoms with E-state index < -0.39 is 5.97 Å². The third-order valence-electron chi connectivity index (χ3n) is 4.50. The Morgan fingerprint density at radius 1 is 1.21 bits per heavy atom. The zero-order chi connectivity index (χ0) is 17.4. The molecule has 0 spiro atoms. The van der Waals surface area contributed by atoms with Crippen molar-refractivity contribution >= 4 is 11.9 Å². The van der Waals surface area contributed by atoms with Crippen LogP contribution in [0.25, 0.3) is 0 Å². The van der Waals surface area contributed by atoms with Crippen LogP contribution >= 0.6 is 0 Å². The number of piperidine rings is 1. The zero-order valence-electron chi connectivity index (χ0n) is 14.4. The standard InChI is InChI=1S/C19H27NO4/c1-2-24-17-10-6-15(7-11-17)8-12-18(21)20-14-4-3-5-16(20)9-13-19(22)23/h6-7,10-11,16H,2-5,8-9,12-14H2,1H3,(H,22,23)/t16-/m1/s1. The van der Waals surface area contributed by atoms with E-state index >= 15 is 0 Å². The van der Waals surface area contributed by atoms with Crippen LogP contribution in [-0.2, 0) is 16.0 Å². The highest BCUT2D eigenvalue weighted by Crippen LogP contribution is 2.22. The summed E-state index contributed by atoms with van der Waals surface area (Å²) in [7, 11) is 0.